The molecule has 152 valence electrons. The van der Waals surface area contributed by atoms with Crippen LogP contribution in [0.15, 0.2) is 25.4 Å². The summed E-state index contributed by atoms with van der Waals surface area (Å²) in [5.41, 5.74) is 4.53. The number of hydrogen-bond acceptors (Lipinski definition) is 3. The second-order valence-corrected chi connectivity index (χ2v) is 6.83. The molecule has 1 rings (SSSR count). The summed E-state index contributed by atoms with van der Waals surface area (Å²) in [7, 11) is 0. The van der Waals surface area contributed by atoms with Crippen LogP contribution in [0.1, 0.15) is 84.0 Å². The zero-order valence-corrected chi connectivity index (χ0v) is 17.7. The molecule has 5 heteroatoms. The Balaban J connectivity index is 0. The zero-order chi connectivity index (χ0) is 20.0. The number of hydrogen-bond donors (Lipinski definition) is 2. The van der Waals surface area contributed by atoms with Crippen molar-refractivity contribution < 1.29 is 9.59 Å². The van der Waals surface area contributed by atoms with Crippen molar-refractivity contribution in [1.82, 2.24) is 4.90 Å². The minimum absolute atomic E-state index is 0.208. The molecule has 2 amide bonds. The largest absolute Gasteiger partial charge is 0.366 e. The van der Waals surface area contributed by atoms with Crippen molar-refractivity contribution in [3.63, 3.8) is 0 Å². The number of amides is 2. The third-order valence-electron chi connectivity index (χ3n) is 4.04. The van der Waals surface area contributed by atoms with Gasteiger partial charge < -0.3 is 10.6 Å². The molecule has 2 N–H and O–H groups in total. The van der Waals surface area contributed by atoms with Gasteiger partial charge in [0.1, 0.15) is 0 Å². The van der Waals surface area contributed by atoms with Crippen LogP contribution in [0.3, 0.4) is 0 Å². The van der Waals surface area contributed by atoms with E-state index in [4.69, 9.17) is 0 Å². The monoisotopic (exact) mass is 384 g/mol. The molecule has 0 aromatic heterocycles. The first-order valence-corrected chi connectivity index (χ1v) is 10.6. The average Bonchev–Trinajstić information content (AvgIpc) is 3.06. The summed E-state index contributed by atoms with van der Waals surface area (Å²) in [6, 6.07) is 0. The predicted octanol–water partition coefficient (Wildman–Crippen LogP) is 5.25. The van der Waals surface area contributed by atoms with E-state index >= 15 is 0 Å². The summed E-state index contributed by atoms with van der Waals surface area (Å²) in [4.78, 5) is 21.8. The standard InChI is InChI=1S/C12H26S.C6H9NO.C3H5NO/c1-2-3-4-5-6-7-8-9-10-11-12-13;1-2-7-5-3-4-6(7)8;1-2-3(4)5/h13H,2-12H2,1H3;2H,1,3-5H2;2H,1H2,(H2,4,5). The minimum atomic E-state index is -0.481. The lowest BCUT2D eigenvalue weighted by Gasteiger charge is -2.05. The van der Waals surface area contributed by atoms with E-state index < -0.39 is 5.91 Å². The number of thiol groups is 1. The summed E-state index contributed by atoms with van der Waals surface area (Å²) >= 11 is 4.20. The molecule has 0 atom stereocenters. The highest BCUT2D eigenvalue weighted by Gasteiger charge is 2.15. The zero-order valence-electron chi connectivity index (χ0n) is 16.8. The maximum absolute atomic E-state index is 10.7. The number of rotatable bonds is 12. The number of nitrogens with zero attached hydrogens (tertiary/aromatic N) is 1. The lowest BCUT2D eigenvalue weighted by Crippen LogP contribution is -2.16. The molecule has 0 aromatic carbocycles. The third kappa shape index (κ3) is 20.8. The Hall–Kier alpha value is -1.23. The van der Waals surface area contributed by atoms with Crippen LogP contribution in [-0.2, 0) is 9.59 Å². The molecule has 0 bridgehead atoms. The van der Waals surface area contributed by atoms with Crippen LogP contribution in [0.5, 0.6) is 0 Å². The van der Waals surface area contributed by atoms with Crippen LogP contribution in [0, 0.1) is 0 Å². The molecule has 0 aliphatic carbocycles. The molecule has 0 saturated carbocycles. The van der Waals surface area contributed by atoms with Crippen molar-refractivity contribution in [3.8, 4) is 0 Å². The van der Waals surface area contributed by atoms with E-state index in [9.17, 15) is 9.59 Å². The second-order valence-electron chi connectivity index (χ2n) is 6.39. The topological polar surface area (TPSA) is 63.4 Å². The van der Waals surface area contributed by atoms with Gasteiger partial charge in [0, 0.05) is 13.0 Å². The molecule has 0 radical (unpaired) electrons. The summed E-state index contributed by atoms with van der Waals surface area (Å²) in [6.07, 6.45) is 18.5. The maximum atomic E-state index is 10.7. The smallest absolute Gasteiger partial charge is 0.240 e. The van der Waals surface area contributed by atoms with Gasteiger partial charge in [-0.05, 0) is 30.9 Å². The number of likely N-dealkylation sites (tertiary alicyclic amines) is 1. The van der Waals surface area contributed by atoms with Crippen molar-refractivity contribution >= 4 is 24.4 Å². The molecule has 0 spiro atoms. The molecular formula is C21H40N2O2S. The summed E-state index contributed by atoms with van der Waals surface area (Å²) in [5.74, 6) is 0.793. The lowest BCUT2D eigenvalue weighted by molar-refractivity contribution is -0.125. The van der Waals surface area contributed by atoms with Gasteiger partial charge in [0.15, 0.2) is 0 Å². The van der Waals surface area contributed by atoms with Gasteiger partial charge in [-0.3, -0.25) is 9.59 Å². The number of carbonyl (C=O) groups is 2. The predicted molar refractivity (Wildman–Crippen MR) is 116 cm³/mol. The summed E-state index contributed by atoms with van der Waals surface area (Å²) in [5, 5.41) is 0. The Kier molecular flexibility index (Phi) is 22.6. The van der Waals surface area contributed by atoms with Gasteiger partial charge in [0.2, 0.25) is 11.8 Å². The Morgan fingerprint density at radius 1 is 1.08 bits per heavy atom. The molecule has 1 aliphatic rings. The van der Waals surface area contributed by atoms with Crippen molar-refractivity contribution in [2.75, 3.05) is 12.3 Å². The first kappa shape index (κ1) is 27.0. The number of unbranched alkanes of at least 4 members (excludes halogenated alkanes) is 9. The van der Waals surface area contributed by atoms with E-state index in [1.165, 1.54) is 64.2 Å². The van der Waals surface area contributed by atoms with Crippen molar-refractivity contribution in [2.24, 2.45) is 5.73 Å². The Morgan fingerprint density at radius 2 is 1.54 bits per heavy atom. The highest BCUT2D eigenvalue weighted by Crippen LogP contribution is 2.10. The maximum Gasteiger partial charge on any atom is 0.240 e. The number of carbonyl (C=O) groups excluding carboxylic acids is 2. The van der Waals surface area contributed by atoms with E-state index in [1.54, 1.807) is 11.1 Å². The van der Waals surface area contributed by atoms with Gasteiger partial charge >= 0.3 is 0 Å². The van der Waals surface area contributed by atoms with Gasteiger partial charge in [-0.1, -0.05) is 77.9 Å². The Labute approximate surface area is 166 Å². The fourth-order valence-corrected chi connectivity index (χ4v) is 2.68. The molecule has 26 heavy (non-hydrogen) atoms. The Morgan fingerprint density at radius 3 is 1.81 bits per heavy atom. The summed E-state index contributed by atoms with van der Waals surface area (Å²) in [6.45, 7) is 9.72. The van der Waals surface area contributed by atoms with E-state index in [0.717, 1.165) is 24.8 Å². The highest BCUT2D eigenvalue weighted by atomic mass is 32.1. The fourth-order valence-electron chi connectivity index (χ4n) is 2.46. The normalized spacial score (nSPS) is 12.5. The molecule has 1 fully saturated rings. The van der Waals surface area contributed by atoms with Gasteiger partial charge in [0.05, 0.1) is 0 Å². The van der Waals surface area contributed by atoms with E-state index in [2.05, 4.69) is 38.4 Å². The van der Waals surface area contributed by atoms with Crippen LogP contribution in [-0.4, -0.2) is 29.0 Å². The number of nitrogens with two attached hydrogens (primary N) is 1. The highest BCUT2D eigenvalue weighted by molar-refractivity contribution is 7.80. The van der Waals surface area contributed by atoms with E-state index in [1.807, 2.05) is 0 Å². The van der Waals surface area contributed by atoms with Crippen molar-refractivity contribution in [3.05, 3.63) is 25.4 Å². The van der Waals surface area contributed by atoms with Crippen LogP contribution in [0.4, 0.5) is 0 Å². The van der Waals surface area contributed by atoms with Gasteiger partial charge in [-0.15, -0.1) is 0 Å². The molecule has 0 aromatic rings. The molecular weight excluding hydrogens is 344 g/mol. The first-order chi connectivity index (χ1) is 12.5. The molecule has 0 unspecified atom stereocenters. The molecule has 1 saturated heterocycles. The van der Waals surface area contributed by atoms with E-state index in [0.29, 0.717) is 6.42 Å². The van der Waals surface area contributed by atoms with Crippen molar-refractivity contribution in [1.29, 1.82) is 0 Å². The van der Waals surface area contributed by atoms with Gasteiger partial charge in [0.25, 0.3) is 0 Å². The van der Waals surface area contributed by atoms with Crippen LogP contribution >= 0.6 is 12.6 Å². The van der Waals surface area contributed by atoms with Crippen LogP contribution in [0.2, 0.25) is 0 Å². The van der Waals surface area contributed by atoms with Gasteiger partial charge in [-0.25, -0.2) is 0 Å². The lowest BCUT2D eigenvalue weighted by atomic mass is 10.1. The van der Waals surface area contributed by atoms with Crippen LogP contribution < -0.4 is 5.73 Å². The minimum Gasteiger partial charge on any atom is -0.366 e. The first-order valence-electron chi connectivity index (χ1n) is 9.98. The quantitative estimate of drug-likeness (QED) is 0.274. The number of primary amides is 1. The van der Waals surface area contributed by atoms with Crippen LogP contribution in [0.25, 0.3) is 0 Å². The SMILES string of the molecule is C=CC(N)=O.C=CN1CCCC1=O.CCCCCCCCCCCCS. The van der Waals surface area contributed by atoms with Crippen molar-refractivity contribution in [2.45, 2.75) is 84.0 Å². The molecule has 1 heterocycles. The Bertz CT molecular complexity index is 363. The fraction of sp³-hybridized carbons (Fsp3) is 0.714. The van der Waals surface area contributed by atoms with E-state index in [-0.39, 0.29) is 5.91 Å². The average molecular weight is 385 g/mol. The molecule has 4 nitrogen and oxygen atoms in total. The second kappa shape index (κ2) is 21.8. The molecule has 1 aliphatic heterocycles. The van der Waals surface area contributed by atoms with Gasteiger partial charge in [-0.2, -0.15) is 12.6 Å². The third-order valence-corrected chi connectivity index (χ3v) is 4.36. The summed E-state index contributed by atoms with van der Waals surface area (Å²) < 4.78 is 0.